The fourth-order valence-electron chi connectivity index (χ4n) is 3.38. The zero-order chi connectivity index (χ0) is 21.1. The van der Waals surface area contributed by atoms with E-state index < -0.39 is 5.69 Å². The van der Waals surface area contributed by atoms with E-state index in [0.29, 0.717) is 28.9 Å². The van der Waals surface area contributed by atoms with Gasteiger partial charge in [0.1, 0.15) is 6.54 Å². The van der Waals surface area contributed by atoms with E-state index in [1.165, 1.54) is 9.13 Å². The molecule has 0 aliphatic heterocycles. The zero-order valence-electron chi connectivity index (χ0n) is 17.3. The Morgan fingerprint density at radius 3 is 2.45 bits per heavy atom. The van der Waals surface area contributed by atoms with Gasteiger partial charge in [-0.3, -0.25) is 18.7 Å². The van der Waals surface area contributed by atoms with Gasteiger partial charge >= 0.3 is 5.69 Å². The maximum absolute atomic E-state index is 13.1. The van der Waals surface area contributed by atoms with Crippen molar-refractivity contribution in [3.8, 4) is 0 Å². The molecule has 1 heterocycles. The van der Waals surface area contributed by atoms with Crippen molar-refractivity contribution in [2.45, 2.75) is 52.6 Å². The number of carbonyl (C=O) groups is 1. The summed E-state index contributed by atoms with van der Waals surface area (Å²) in [5, 5.41) is 3.30. The molecule has 3 rings (SSSR count). The minimum absolute atomic E-state index is 0.165. The number of hydrogen-bond donors (Lipinski definition) is 1. The highest BCUT2D eigenvalue weighted by atomic mass is 16.2. The van der Waals surface area contributed by atoms with Gasteiger partial charge in [0.2, 0.25) is 5.91 Å². The monoisotopic (exact) mass is 393 g/mol. The predicted octanol–water partition coefficient (Wildman–Crippen LogP) is 3.90. The molecule has 1 amide bonds. The predicted molar refractivity (Wildman–Crippen MR) is 117 cm³/mol. The van der Waals surface area contributed by atoms with Gasteiger partial charge in [-0.25, -0.2) is 4.79 Å². The number of carbonyl (C=O) groups excluding carboxylic acids is 1. The second kappa shape index (κ2) is 8.47. The van der Waals surface area contributed by atoms with E-state index in [4.69, 9.17) is 0 Å². The topological polar surface area (TPSA) is 73.1 Å². The highest BCUT2D eigenvalue weighted by molar-refractivity contribution is 5.91. The van der Waals surface area contributed by atoms with Crippen LogP contribution in [0.25, 0.3) is 10.9 Å². The van der Waals surface area contributed by atoms with Crippen LogP contribution in [0.1, 0.15) is 51.6 Å². The standard InChI is InChI=1S/C23H27N3O3/c1-5-16(4)26-22(28)19-11-6-7-12-20(19)25(23(26)29)14-21(27)24-18-10-8-9-17(13-18)15(2)3/h6-13,15-16H,5,14H2,1-4H3,(H,24,27)/t16-/m0/s1. The van der Waals surface area contributed by atoms with Gasteiger partial charge in [-0.2, -0.15) is 0 Å². The number of nitrogens with zero attached hydrogens (tertiary/aromatic N) is 2. The third-order valence-corrected chi connectivity index (χ3v) is 5.25. The van der Waals surface area contributed by atoms with Crippen LogP contribution in [0.2, 0.25) is 0 Å². The van der Waals surface area contributed by atoms with E-state index in [-0.39, 0.29) is 24.1 Å². The van der Waals surface area contributed by atoms with Crippen LogP contribution >= 0.6 is 0 Å². The van der Waals surface area contributed by atoms with E-state index in [1.54, 1.807) is 24.3 Å². The van der Waals surface area contributed by atoms with Crippen LogP contribution in [0.5, 0.6) is 0 Å². The minimum atomic E-state index is -0.464. The van der Waals surface area contributed by atoms with Gasteiger partial charge < -0.3 is 5.32 Å². The van der Waals surface area contributed by atoms with Crippen LogP contribution in [-0.2, 0) is 11.3 Å². The molecule has 0 aliphatic carbocycles. The molecule has 0 bridgehead atoms. The molecule has 29 heavy (non-hydrogen) atoms. The second-order valence-corrected chi connectivity index (χ2v) is 7.65. The molecule has 0 radical (unpaired) electrons. The average molecular weight is 393 g/mol. The van der Waals surface area contributed by atoms with E-state index in [0.717, 1.165) is 5.56 Å². The van der Waals surface area contributed by atoms with Crippen LogP contribution < -0.4 is 16.6 Å². The quantitative estimate of drug-likeness (QED) is 0.690. The molecule has 0 saturated heterocycles. The van der Waals surface area contributed by atoms with Crippen LogP contribution in [0, 0.1) is 0 Å². The summed E-state index contributed by atoms with van der Waals surface area (Å²) in [4.78, 5) is 38.6. The highest BCUT2D eigenvalue weighted by Gasteiger charge is 2.18. The van der Waals surface area contributed by atoms with Crippen molar-refractivity contribution < 1.29 is 4.79 Å². The number of fused-ring (bicyclic) bond motifs is 1. The van der Waals surface area contributed by atoms with Gasteiger partial charge in [0.15, 0.2) is 0 Å². The summed E-state index contributed by atoms with van der Waals surface area (Å²) < 4.78 is 2.62. The number of aromatic nitrogens is 2. The lowest BCUT2D eigenvalue weighted by Gasteiger charge is -2.17. The van der Waals surface area contributed by atoms with Gasteiger partial charge in [-0.05, 0) is 49.1 Å². The molecule has 2 aromatic carbocycles. The van der Waals surface area contributed by atoms with Crippen LogP contribution in [0.3, 0.4) is 0 Å². The molecule has 1 atom stereocenters. The summed E-state index contributed by atoms with van der Waals surface area (Å²) in [6.45, 7) is 7.77. The number of hydrogen-bond acceptors (Lipinski definition) is 3. The summed E-state index contributed by atoms with van der Waals surface area (Å²) in [5.41, 5.74) is 1.49. The first kappa shape index (κ1) is 20.6. The Hall–Kier alpha value is -3.15. The molecule has 1 N–H and O–H groups in total. The Morgan fingerprint density at radius 2 is 1.76 bits per heavy atom. The maximum Gasteiger partial charge on any atom is 0.332 e. The van der Waals surface area contributed by atoms with Gasteiger partial charge in [-0.15, -0.1) is 0 Å². The van der Waals surface area contributed by atoms with Gasteiger partial charge in [0.05, 0.1) is 10.9 Å². The largest absolute Gasteiger partial charge is 0.332 e. The van der Waals surface area contributed by atoms with Crippen molar-refractivity contribution >= 4 is 22.5 Å². The van der Waals surface area contributed by atoms with Crippen molar-refractivity contribution in [3.05, 3.63) is 74.9 Å². The zero-order valence-corrected chi connectivity index (χ0v) is 17.3. The first-order valence-electron chi connectivity index (χ1n) is 9.97. The van der Waals surface area contributed by atoms with E-state index in [9.17, 15) is 14.4 Å². The second-order valence-electron chi connectivity index (χ2n) is 7.65. The molecule has 3 aromatic rings. The third kappa shape index (κ3) is 4.16. The Labute approximate surface area is 169 Å². The Morgan fingerprint density at radius 1 is 1.03 bits per heavy atom. The molecular weight excluding hydrogens is 366 g/mol. The van der Waals surface area contributed by atoms with Crippen molar-refractivity contribution in [1.82, 2.24) is 9.13 Å². The Balaban J connectivity index is 2.01. The van der Waals surface area contributed by atoms with Crippen LogP contribution in [0.15, 0.2) is 58.1 Å². The molecule has 0 fully saturated rings. The molecule has 1 aromatic heterocycles. The number of para-hydroxylation sites is 1. The molecular formula is C23H27N3O3. The van der Waals surface area contributed by atoms with Crippen LogP contribution in [0.4, 0.5) is 5.69 Å². The lowest BCUT2D eigenvalue weighted by molar-refractivity contribution is -0.116. The first-order valence-corrected chi connectivity index (χ1v) is 9.97. The van der Waals surface area contributed by atoms with Crippen molar-refractivity contribution in [3.63, 3.8) is 0 Å². The van der Waals surface area contributed by atoms with E-state index >= 15 is 0 Å². The molecule has 0 spiro atoms. The van der Waals surface area contributed by atoms with E-state index in [2.05, 4.69) is 19.2 Å². The lowest BCUT2D eigenvalue weighted by Crippen LogP contribution is -2.43. The smallest absolute Gasteiger partial charge is 0.325 e. The van der Waals surface area contributed by atoms with Crippen molar-refractivity contribution in [2.75, 3.05) is 5.32 Å². The number of anilines is 1. The summed E-state index contributed by atoms with van der Waals surface area (Å²) in [6, 6.07) is 14.3. The van der Waals surface area contributed by atoms with Crippen molar-refractivity contribution in [2.24, 2.45) is 0 Å². The van der Waals surface area contributed by atoms with Crippen molar-refractivity contribution in [1.29, 1.82) is 0 Å². The number of nitrogens with one attached hydrogen (secondary N) is 1. The summed E-state index contributed by atoms with van der Waals surface area (Å²) in [7, 11) is 0. The van der Waals surface area contributed by atoms with Gasteiger partial charge in [-0.1, -0.05) is 45.0 Å². The summed E-state index contributed by atoms with van der Waals surface area (Å²) in [6.07, 6.45) is 0.641. The van der Waals surface area contributed by atoms with Gasteiger partial charge in [0, 0.05) is 11.7 Å². The first-order chi connectivity index (χ1) is 13.8. The van der Waals surface area contributed by atoms with Crippen LogP contribution in [-0.4, -0.2) is 15.0 Å². The molecule has 0 saturated carbocycles. The normalized spacial score (nSPS) is 12.3. The molecule has 6 heteroatoms. The lowest BCUT2D eigenvalue weighted by atomic mass is 10.0. The van der Waals surface area contributed by atoms with Gasteiger partial charge in [0.25, 0.3) is 5.56 Å². The fraction of sp³-hybridized carbons (Fsp3) is 0.348. The average Bonchev–Trinajstić information content (AvgIpc) is 2.71. The Bertz CT molecular complexity index is 1160. The number of rotatable bonds is 6. The molecule has 152 valence electrons. The SMILES string of the molecule is CC[C@H](C)n1c(=O)c2ccccc2n(CC(=O)Nc2cccc(C(C)C)c2)c1=O. The highest BCUT2D eigenvalue weighted by Crippen LogP contribution is 2.18. The summed E-state index contributed by atoms with van der Waals surface area (Å²) >= 11 is 0. The maximum atomic E-state index is 13.1. The number of benzene rings is 2. The third-order valence-electron chi connectivity index (χ3n) is 5.25. The molecule has 6 nitrogen and oxygen atoms in total. The fourth-order valence-corrected chi connectivity index (χ4v) is 3.38. The summed E-state index contributed by atoms with van der Waals surface area (Å²) in [5.74, 6) is 0.0324. The Kier molecular flexibility index (Phi) is 6.01. The van der Waals surface area contributed by atoms with E-state index in [1.807, 2.05) is 38.1 Å². The minimum Gasteiger partial charge on any atom is -0.325 e. The molecule has 0 aliphatic rings. The molecule has 0 unspecified atom stereocenters. The number of amides is 1.